The number of aromatic nitrogens is 2. The number of hydrogen-bond acceptors (Lipinski definition) is 7. The molecule has 0 aliphatic rings. The first kappa shape index (κ1) is 21.1. The summed E-state index contributed by atoms with van der Waals surface area (Å²) < 4.78 is 5.06. The normalized spacial score (nSPS) is 10.7. The summed E-state index contributed by atoms with van der Waals surface area (Å²) in [6.07, 6.45) is 1.65. The highest BCUT2D eigenvalue weighted by molar-refractivity contribution is 6.32. The number of para-hydroxylation sites is 2. The molecule has 1 aromatic heterocycles. The highest BCUT2D eigenvalue weighted by Crippen LogP contribution is 2.25. The molecule has 0 saturated carbocycles. The van der Waals surface area contributed by atoms with Gasteiger partial charge in [-0.3, -0.25) is 19.9 Å². The van der Waals surface area contributed by atoms with Crippen LogP contribution in [0.5, 0.6) is 0 Å². The Hall–Kier alpha value is -4.17. The summed E-state index contributed by atoms with van der Waals surface area (Å²) in [5.74, 6) is -1.28. The second-order valence-electron chi connectivity index (χ2n) is 6.74. The number of carbonyl (C=O) groups is 2. The molecule has 158 valence electrons. The van der Waals surface area contributed by atoms with Crippen LogP contribution in [-0.4, -0.2) is 33.3 Å². The monoisotopic (exact) mass is 447 g/mol. The van der Waals surface area contributed by atoms with Crippen LogP contribution in [0.1, 0.15) is 20.7 Å². The predicted octanol–water partition coefficient (Wildman–Crippen LogP) is 4.90. The third-order valence-electron chi connectivity index (χ3n) is 4.66. The molecule has 32 heavy (non-hydrogen) atoms. The number of benzene rings is 3. The van der Waals surface area contributed by atoms with Crippen molar-refractivity contribution in [1.82, 2.24) is 9.97 Å². The van der Waals surface area contributed by atoms with Gasteiger partial charge >= 0.3 is 5.97 Å². The lowest BCUT2D eigenvalue weighted by Crippen LogP contribution is -2.14. The lowest BCUT2D eigenvalue weighted by Gasteiger charge is -2.06. The number of fused-ring (bicyclic) bond motifs is 1. The number of rotatable bonds is 6. The van der Waals surface area contributed by atoms with Crippen molar-refractivity contribution in [2.45, 2.75) is 0 Å². The Morgan fingerprint density at radius 3 is 2.38 bits per heavy atom. The summed E-state index contributed by atoms with van der Waals surface area (Å²) in [4.78, 5) is 43.8. The molecule has 0 N–H and O–H groups in total. The Morgan fingerprint density at radius 1 is 0.969 bits per heavy atom. The molecule has 0 aliphatic heterocycles. The molecule has 3 aromatic carbocycles. The van der Waals surface area contributed by atoms with Gasteiger partial charge in [-0.1, -0.05) is 35.9 Å². The first-order chi connectivity index (χ1) is 15.4. The van der Waals surface area contributed by atoms with Gasteiger partial charge in [-0.15, -0.1) is 0 Å². The minimum atomic E-state index is -0.696. The van der Waals surface area contributed by atoms with Gasteiger partial charge in [0.1, 0.15) is 5.02 Å². The Balaban J connectivity index is 1.43. The van der Waals surface area contributed by atoms with Crippen LogP contribution in [0.4, 0.5) is 5.69 Å². The summed E-state index contributed by atoms with van der Waals surface area (Å²) in [6, 6.07) is 17.7. The zero-order valence-electron chi connectivity index (χ0n) is 16.4. The van der Waals surface area contributed by atoms with Gasteiger partial charge in [-0.2, -0.15) is 0 Å². The number of hydrogen-bond donors (Lipinski definition) is 0. The van der Waals surface area contributed by atoms with E-state index in [-0.39, 0.29) is 16.1 Å². The van der Waals surface area contributed by atoms with E-state index in [4.69, 9.17) is 16.3 Å². The fourth-order valence-corrected chi connectivity index (χ4v) is 3.18. The zero-order valence-corrected chi connectivity index (χ0v) is 17.2. The molecule has 0 radical (unpaired) electrons. The maximum absolute atomic E-state index is 12.3. The molecule has 1 heterocycles. The number of nitrogens with zero attached hydrogens (tertiary/aromatic N) is 3. The van der Waals surface area contributed by atoms with E-state index in [2.05, 4.69) is 9.97 Å². The van der Waals surface area contributed by atoms with Crippen molar-refractivity contribution in [2.24, 2.45) is 0 Å². The summed E-state index contributed by atoms with van der Waals surface area (Å²) in [7, 11) is 0. The van der Waals surface area contributed by atoms with Gasteiger partial charge in [-0.25, -0.2) is 9.78 Å². The summed E-state index contributed by atoms with van der Waals surface area (Å²) >= 11 is 5.74. The fourth-order valence-electron chi connectivity index (χ4n) is 3.00. The maximum atomic E-state index is 12.3. The van der Waals surface area contributed by atoms with E-state index >= 15 is 0 Å². The largest absolute Gasteiger partial charge is 0.454 e. The second kappa shape index (κ2) is 8.91. The summed E-state index contributed by atoms with van der Waals surface area (Å²) in [6.45, 7) is -0.560. The minimum absolute atomic E-state index is 0.0270. The van der Waals surface area contributed by atoms with Gasteiger partial charge in [0.05, 0.1) is 33.4 Å². The smallest absolute Gasteiger partial charge is 0.338 e. The SMILES string of the molecule is O=C(COC(=O)c1ccc(-c2cnc3ccccc3n2)cc1)c1ccc(Cl)c([N+](=O)[O-])c1. The van der Waals surface area contributed by atoms with Crippen molar-refractivity contribution in [3.63, 3.8) is 0 Å². The molecular formula is C23H14ClN3O5. The molecule has 0 aliphatic carbocycles. The van der Waals surface area contributed by atoms with Crippen molar-refractivity contribution in [3.05, 3.63) is 99.2 Å². The summed E-state index contributed by atoms with van der Waals surface area (Å²) in [5.41, 5.74) is 2.85. The number of esters is 1. The van der Waals surface area contributed by atoms with Crippen molar-refractivity contribution in [3.8, 4) is 11.3 Å². The van der Waals surface area contributed by atoms with Gasteiger partial charge in [-0.05, 0) is 36.4 Å². The predicted molar refractivity (Wildman–Crippen MR) is 118 cm³/mol. The zero-order chi connectivity index (χ0) is 22.7. The van der Waals surface area contributed by atoms with Crippen LogP contribution in [0.25, 0.3) is 22.3 Å². The second-order valence-corrected chi connectivity index (χ2v) is 7.15. The van der Waals surface area contributed by atoms with E-state index < -0.39 is 29.0 Å². The summed E-state index contributed by atoms with van der Waals surface area (Å²) in [5, 5.41) is 10.9. The minimum Gasteiger partial charge on any atom is -0.454 e. The fraction of sp³-hybridized carbons (Fsp3) is 0.0435. The average molecular weight is 448 g/mol. The van der Waals surface area contributed by atoms with Gasteiger partial charge < -0.3 is 4.74 Å². The van der Waals surface area contributed by atoms with E-state index in [0.29, 0.717) is 5.69 Å². The van der Waals surface area contributed by atoms with Crippen LogP contribution in [0.2, 0.25) is 5.02 Å². The molecule has 8 nitrogen and oxygen atoms in total. The third-order valence-corrected chi connectivity index (χ3v) is 4.98. The number of nitro benzene ring substituents is 1. The number of ether oxygens (including phenoxy) is 1. The van der Waals surface area contributed by atoms with Crippen molar-refractivity contribution < 1.29 is 19.2 Å². The van der Waals surface area contributed by atoms with Gasteiger partial charge in [0.2, 0.25) is 5.78 Å². The first-order valence-electron chi connectivity index (χ1n) is 9.39. The molecule has 0 bridgehead atoms. The molecule has 0 atom stereocenters. The van der Waals surface area contributed by atoms with Crippen LogP contribution >= 0.6 is 11.6 Å². The Kier molecular flexibility index (Phi) is 5.87. The number of carbonyl (C=O) groups excluding carboxylic acids is 2. The highest BCUT2D eigenvalue weighted by atomic mass is 35.5. The van der Waals surface area contributed by atoms with Crippen LogP contribution in [-0.2, 0) is 4.74 Å². The molecule has 0 fully saturated rings. The van der Waals surface area contributed by atoms with Crippen LogP contribution < -0.4 is 0 Å². The Bertz CT molecular complexity index is 1360. The molecule has 9 heteroatoms. The molecule has 4 rings (SSSR count). The van der Waals surface area contributed by atoms with Crippen molar-refractivity contribution >= 4 is 40.1 Å². The average Bonchev–Trinajstić information content (AvgIpc) is 2.82. The van der Waals surface area contributed by atoms with Crippen LogP contribution in [0, 0.1) is 10.1 Å². The quantitative estimate of drug-likeness (QED) is 0.179. The topological polar surface area (TPSA) is 112 Å². The van der Waals surface area contributed by atoms with E-state index in [1.54, 1.807) is 30.5 Å². The van der Waals surface area contributed by atoms with Crippen LogP contribution in [0.3, 0.4) is 0 Å². The maximum Gasteiger partial charge on any atom is 0.338 e. The lowest BCUT2D eigenvalue weighted by atomic mass is 10.1. The van der Waals surface area contributed by atoms with Crippen molar-refractivity contribution in [2.75, 3.05) is 6.61 Å². The molecule has 4 aromatic rings. The van der Waals surface area contributed by atoms with Crippen molar-refractivity contribution in [1.29, 1.82) is 0 Å². The van der Waals surface area contributed by atoms with E-state index in [0.717, 1.165) is 22.7 Å². The number of Topliss-reactive ketones (excluding diaryl/α,β-unsaturated/α-hetero) is 1. The molecule has 0 amide bonds. The molecular weight excluding hydrogens is 434 g/mol. The standard InChI is InChI=1S/C23H14ClN3O5/c24-17-10-9-16(11-21(17)27(30)31)22(28)13-32-23(29)15-7-5-14(6-8-15)20-12-25-18-3-1-2-4-19(18)26-20/h1-12H,13H2. The van der Waals surface area contributed by atoms with E-state index in [1.165, 1.54) is 12.1 Å². The lowest BCUT2D eigenvalue weighted by molar-refractivity contribution is -0.384. The first-order valence-corrected chi connectivity index (χ1v) is 9.76. The van der Waals surface area contributed by atoms with E-state index in [9.17, 15) is 19.7 Å². The van der Waals surface area contributed by atoms with Crippen LogP contribution in [0.15, 0.2) is 72.9 Å². The van der Waals surface area contributed by atoms with Gasteiger partial charge in [0, 0.05) is 17.2 Å². The molecule has 0 unspecified atom stereocenters. The number of halogens is 1. The molecule has 0 saturated heterocycles. The van der Waals surface area contributed by atoms with E-state index in [1.807, 2.05) is 24.3 Å². The van der Waals surface area contributed by atoms with Gasteiger partial charge in [0.15, 0.2) is 6.61 Å². The third kappa shape index (κ3) is 4.45. The Labute approximate surface area is 186 Å². The number of ketones is 1. The van der Waals surface area contributed by atoms with Gasteiger partial charge in [0.25, 0.3) is 5.69 Å². The molecule has 0 spiro atoms. The number of nitro groups is 1. The Morgan fingerprint density at radius 2 is 1.66 bits per heavy atom. The highest BCUT2D eigenvalue weighted by Gasteiger charge is 2.18.